The molecule has 0 aliphatic heterocycles. The molecule has 0 aliphatic carbocycles. The van der Waals surface area contributed by atoms with Gasteiger partial charge < -0.3 is 5.32 Å². The van der Waals surface area contributed by atoms with Crippen LogP contribution in [0.2, 0.25) is 0 Å². The van der Waals surface area contributed by atoms with Crippen LogP contribution in [-0.2, 0) is 0 Å². The predicted molar refractivity (Wildman–Crippen MR) is 114 cm³/mol. The summed E-state index contributed by atoms with van der Waals surface area (Å²) >= 11 is 1.86. The number of thiophene rings is 1. The van der Waals surface area contributed by atoms with Crippen molar-refractivity contribution in [3.05, 3.63) is 97.1 Å². The third-order valence-corrected chi connectivity index (χ3v) is 5.79. The Morgan fingerprint density at radius 1 is 0.500 bits per heavy atom. The van der Waals surface area contributed by atoms with E-state index in [0.717, 1.165) is 11.4 Å². The lowest BCUT2D eigenvalue weighted by molar-refractivity contribution is 1.54. The Kier molecular flexibility index (Phi) is 3.69. The van der Waals surface area contributed by atoms with Gasteiger partial charge in [-0.3, -0.25) is 0 Å². The summed E-state index contributed by atoms with van der Waals surface area (Å²) in [4.78, 5) is 0. The van der Waals surface area contributed by atoms with Crippen molar-refractivity contribution in [3.8, 4) is 11.1 Å². The van der Waals surface area contributed by atoms with Crippen LogP contribution in [0.25, 0.3) is 31.3 Å². The van der Waals surface area contributed by atoms with E-state index in [9.17, 15) is 0 Å². The molecule has 1 aromatic heterocycles. The van der Waals surface area contributed by atoms with Crippen LogP contribution in [-0.4, -0.2) is 0 Å². The van der Waals surface area contributed by atoms with Crippen LogP contribution in [0, 0.1) is 0 Å². The second kappa shape index (κ2) is 6.32. The number of rotatable bonds is 3. The highest BCUT2D eigenvalue weighted by molar-refractivity contribution is 7.25. The molecule has 5 rings (SSSR count). The van der Waals surface area contributed by atoms with Crippen LogP contribution in [0.1, 0.15) is 0 Å². The molecule has 0 fully saturated rings. The molecule has 0 spiro atoms. The third kappa shape index (κ3) is 2.75. The lowest BCUT2D eigenvalue weighted by atomic mass is 10.0. The standard InChI is InChI=1S/C24H17NS/c1-2-6-19(7-3-1)25-20-13-10-17(11-14-20)18-12-15-22-21-8-4-5-9-23(21)26-24(22)16-18/h1-16,25H. The Balaban J connectivity index is 1.48. The summed E-state index contributed by atoms with van der Waals surface area (Å²) in [6.45, 7) is 0. The van der Waals surface area contributed by atoms with E-state index in [1.807, 2.05) is 29.5 Å². The van der Waals surface area contributed by atoms with Crippen LogP contribution in [0.3, 0.4) is 0 Å². The van der Waals surface area contributed by atoms with E-state index < -0.39 is 0 Å². The van der Waals surface area contributed by atoms with E-state index in [4.69, 9.17) is 0 Å². The fraction of sp³-hybridized carbons (Fsp3) is 0. The van der Waals surface area contributed by atoms with Crippen molar-refractivity contribution in [1.29, 1.82) is 0 Å². The van der Waals surface area contributed by atoms with Crippen LogP contribution in [0.15, 0.2) is 97.1 Å². The maximum Gasteiger partial charge on any atom is 0.0384 e. The van der Waals surface area contributed by atoms with Crippen molar-refractivity contribution >= 4 is 42.9 Å². The molecule has 0 saturated heterocycles. The fourth-order valence-corrected chi connectivity index (χ4v) is 4.48. The first-order chi connectivity index (χ1) is 12.9. The highest BCUT2D eigenvalue weighted by atomic mass is 32.1. The van der Waals surface area contributed by atoms with E-state index in [1.54, 1.807) is 0 Å². The number of fused-ring (bicyclic) bond motifs is 3. The summed E-state index contributed by atoms with van der Waals surface area (Å²) in [5.74, 6) is 0. The second-order valence-electron chi connectivity index (χ2n) is 6.38. The zero-order valence-electron chi connectivity index (χ0n) is 14.1. The Morgan fingerprint density at radius 3 is 2.00 bits per heavy atom. The molecule has 4 aromatic carbocycles. The van der Waals surface area contributed by atoms with E-state index in [2.05, 4.69) is 84.2 Å². The lowest BCUT2D eigenvalue weighted by Gasteiger charge is -2.08. The summed E-state index contributed by atoms with van der Waals surface area (Å²) in [6, 6.07) is 34.3. The monoisotopic (exact) mass is 351 g/mol. The van der Waals surface area contributed by atoms with Gasteiger partial charge in [-0.1, -0.05) is 60.7 Å². The predicted octanol–water partition coefficient (Wildman–Crippen LogP) is 7.47. The van der Waals surface area contributed by atoms with Gasteiger partial charge in [0.05, 0.1) is 0 Å². The van der Waals surface area contributed by atoms with E-state index in [1.165, 1.54) is 31.3 Å². The average Bonchev–Trinajstić information content (AvgIpc) is 3.07. The molecule has 124 valence electrons. The maximum absolute atomic E-state index is 3.43. The first-order valence-electron chi connectivity index (χ1n) is 8.71. The number of anilines is 2. The summed E-state index contributed by atoms with van der Waals surface area (Å²) in [7, 11) is 0. The molecule has 1 N–H and O–H groups in total. The molecule has 1 heterocycles. The molecular formula is C24H17NS. The lowest BCUT2D eigenvalue weighted by Crippen LogP contribution is -1.89. The van der Waals surface area contributed by atoms with Gasteiger partial charge in [-0.2, -0.15) is 0 Å². The molecule has 2 heteroatoms. The highest BCUT2D eigenvalue weighted by Gasteiger charge is 2.06. The summed E-state index contributed by atoms with van der Waals surface area (Å²) < 4.78 is 2.69. The molecular weight excluding hydrogens is 334 g/mol. The van der Waals surface area contributed by atoms with Crippen molar-refractivity contribution in [1.82, 2.24) is 0 Å². The average molecular weight is 351 g/mol. The van der Waals surface area contributed by atoms with Crippen molar-refractivity contribution in [2.45, 2.75) is 0 Å². The van der Waals surface area contributed by atoms with Gasteiger partial charge in [0.2, 0.25) is 0 Å². The third-order valence-electron chi connectivity index (χ3n) is 4.66. The highest BCUT2D eigenvalue weighted by Crippen LogP contribution is 2.36. The van der Waals surface area contributed by atoms with Crippen molar-refractivity contribution in [3.63, 3.8) is 0 Å². The van der Waals surface area contributed by atoms with Crippen molar-refractivity contribution < 1.29 is 0 Å². The van der Waals surface area contributed by atoms with Gasteiger partial charge in [0.25, 0.3) is 0 Å². The largest absolute Gasteiger partial charge is 0.356 e. The SMILES string of the molecule is c1ccc(Nc2ccc(-c3ccc4c(c3)sc3ccccc34)cc2)cc1. The van der Waals surface area contributed by atoms with Gasteiger partial charge in [-0.25, -0.2) is 0 Å². The molecule has 0 amide bonds. The molecule has 1 nitrogen and oxygen atoms in total. The molecule has 0 bridgehead atoms. The first kappa shape index (κ1) is 15.2. The van der Waals surface area contributed by atoms with E-state index in [-0.39, 0.29) is 0 Å². The maximum atomic E-state index is 3.43. The first-order valence-corrected chi connectivity index (χ1v) is 9.52. The van der Waals surface area contributed by atoms with Gasteiger partial charge >= 0.3 is 0 Å². The molecule has 0 atom stereocenters. The number of hydrogen-bond donors (Lipinski definition) is 1. The molecule has 0 unspecified atom stereocenters. The van der Waals surface area contributed by atoms with Gasteiger partial charge in [0.1, 0.15) is 0 Å². The number of nitrogens with one attached hydrogen (secondary N) is 1. The minimum atomic E-state index is 1.10. The molecule has 0 saturated carbocycles. The number of hydrogen-bond acceptors (Lipinski definition) is 2. The van der Waals surface area contributed by atoms with Gasteiger partial charge in [-0.05, 0) is 47.5 Å². The molecule has 26 heavy (non-hydrogen) atoms. The zero-order valence-corrected chi connectivity index (χ0v) is 15.0. The molecule has 0 radical (unpaired) electrons. The molecule has 0 aliphatic rings. The zero-order chi connectivity index (χ0) is 17.3. The Hall–Kier alpha value is -3.10. The van der Waals surface area contributed by atoms with E-state index >= 15 is 0 Å². The molecule has 5 aromatic rings. The summed E-state index contributed by atoms with van der Waals surface area (Å²) in [5.41, 5.74) is 4.70. The normalized spacial score (nSPS) is 11.1. The number of para-hydroxylation sites is 1. The van der Waals surface area contributed by atoms with Crippen molar-refractivity contribution in [2.75, 3.05) is 5.32 Å². The minimum Gasteiger partial charge on any atom is -0.356 e. The number of benzene rings is 4. The minimum absolute atomic E-state index is 1.10. The van der Waals surface area contributed by atoms with Crippen LogP contribution in [0.5, 0.6) is 0 Å². The Morgan fingerprint density at radius 2 is 1.15 bits per heavy atom. The quantitative estimate of drug-likeness (QED) is 0.355. The summed E-state index contributed by atoms with van der Waals surface area (Å²) in [5, 5.41) is 6.12. The van der Waals surface area contributed by atoms with E-state index in [0.29, 0.717) is 0 Å². The second-order valence-corrected chi connectivity index (χ2v) is 7.46. The Bertz CT molecular complexity index is 1190. The van der Waals surface area contributed by atoms with Crippen LogP contribution in [0.4, 0.5) is 11.4 Å². The van der Waals surface area contributed by atoms with Crippen molar-refractivity contribution in [2.24, 2.45) is 0 Å². The van der Waals surface area contributed by atoms with Crippen LogP contribution >= 0.6 is 11.3 Å². The van der Waals surface area contributed by atoms with Gasteiger partial charge in [0, 0.05) is 31.5 Å². The summed E-state index contributed by atoms with van der Waals surface area (Å²) in [6.07, 6.45) is 0. The Labute approximate surface area is 156 Å². The topological polar surface area (TPSA) is 12.0 Å². The van der Waals surface area contributed by atoms with Crippen LogP contribution < -0.4 is 5.32 Å². The fourth-order valence-electron chi connectivity index (χ4n) is 3.34. The van der Waals surface area contributed by atoms with Gasteiger partial charge in [0.15, 0.2) is 0 Å². The van der Waals surface area contributed by atoms with Gasteiger partial charge in [-0.15, -0.1) is 11.3 Å². The smallest absolute Gasteiger partial charge is 0.0384 e.